The molecule has 1 aromatic carbocycles. The molecule has 3 amide bonds. The first-order chi connectivity index (χ1) is 12.6. The molecule has 3 aliphatic heterocycles. The van der Waals surface area contributed by atoms with E-state index in [9.17, 15) is 14.6 Å². The number of hydrogen-bond donors (Lipinski definition) is 4. The van der Waals surface area contributed by atoms with E-state index in [1.165, 1.54) is 0 Å². The SMILES string of the molecule is O=C(CCCCC1SCC2NC(=O)NC21)Nc1ccc2c(c1)B(O)OC2. The fraction of sp³-hybridized carbons (Fsp3) is 0.529. The Labute approximate surface area is 156 Å². The normalized spacial score (nSPS) is 26.3. The first kappa shape index (κ1) is 17.7. The maximum atomic E-state index is 12.1. The summed E-state index contributed by atoms with van der Waals surface area (Å²) in [5, 5.41) is 19.0. The van der Waals surface area contributed by atoms with E-state index in [0.717, 1.165) is 36.0 Å². The van der Waals surface area contributed by atoms with Gasteiger partial charge in [0, 0.05) is 23.1 Å². The van der Waals surface area contributed by atoms with Gasteiger partial charge in [-0.3, -0.25) is 4.79 Å². The van der Waals surface area contributed by atoms with Crippen molar-refractivity contribution in [1.29, 1.82) is 0 Å². The molecule has 0 spiro atoms. The second-order valence-electron chi connectivity index (χ2n) is 6.99. The van der Waals surface area contributed by atoms with Crippen LogP contribution in [0, 0.1) is 0 Å². The first-order valence-corrected chi connectivity index (χ1v) is 10.1. The van der Waals surface area contributed by atoms with Crippen LogP contribution in [0.4, 0.5) is 10.5 Å². The Balaban J connectivity index is 1.19. The second kappa shape index (κ2) is 7.50. The third-order valence-electron chi connectivity index (χ3n) is 5.17. The molecule has 2 fully saturated rings. The zero-order valence-corrected chi connectivity index (χ0v) is 15.2. The molecule has 7 nitrogen and oxygen atoms in total. The molecule has 0 aliphatic carbocycles. The van der Waals surface area contributed by atoms with Crippen molar-refractivity contribution < 1.29 is 19.3 Å². The molecule has 2 saturated heterocycles. The van der Waals surface area contributed by atoms with Crippen molar-refractivity contribution >= 4 is 42.0 Å². The van der Waals surface area contributed by atoms with Crippen molar-refractivity contribution in [3.05, 3.63) is 23.8 Å². The fourth-order valence-electron chi connectivity index (χ4n) is 3.79. The van der Waals surface area contributed by atoms with Crippen molar-refractivity contribution in [2.24, 2.45) is 0 Å². The maximum Gasteiger partial charge on any atom is 0.491 e. The largest absolute Gasteiger partial charge is 0.491 e. The third-order valence-corrected chi connectivity index (χ3v) is 6.68. The van der Waals surface area contributed by atoms with Crippen molar-refractivity contribution in [1.82, 2.24) is 10.6 Å². The van der Waals surface area contributed by atoms with Gasteiger partial charge in [-0.2, -0.15) is 11.8 Å². The third kappa shape index (κ3) is 3.70. The van der Waals surface area contributed by atoms with Crippen LogP contribution in [0.25, 0.3) is 0 Å². The molecule has 1 aromatic rings. The molecule has 3 aliphatic rings. The van der Waals surface area contributed by atoms with E-state index >= 15 is 0 Å². The number of urea groups is 1. The van der Waals surface area contributed by atoms with E-state index in [2.05, 4.69) is 16.0 Å². The smallest absolute Gasteiger partial charge is 0.423 e. The summed E-state index contributed by atoms with van der Waals surface area (Å²) < 4.78 is 5.16. The van der Waals surface area contributed by atoms with Gasteiger partial charge in [0.2, 0.25) is 5.91 Å². The van der Waals surface area contributed by atoms with Crippen LogP contribution >= 0.6 is 11.8 Å². The Hall–Kier alpha value is -1.71. The Morgan fingerprint density at radius 2 is 2.27 bits per heavy atom. The Bertz CT molecular complexity index is 719. The summed E-state index contributed by atoms with van der Waals surface area (Å²) in [6.07, 6.45) is 3.24. The lowest BCUT2D eigenvalue weighted by Crippen LogP contribution is -2.36. The van der Waals surface area contributed by atoms with Gasteiger partial charge < -0.3 is 25.6 Å². The number of unbranched alkanes of at least 4 members (excludes halogenated alkanes) is 1. The van der Waals surface area contributed by atoms with Gasteiger partial charge in [0.1, 0.15) is 0 Å². The molecule has 3 heterocycles. The number of carbonyl (C=O) groups excluding carboxylic acids is 2. The summed E-state index contributed by atoms with van der Waals surface area (Å²) in [5.74, 6) is 0.939. The molecule has 3 unspecified atom stereocenters. The van der Waals surface area contributed by atoms with E-state index in [-0.39, 0.29) is 24.0 Å². The molecule has 26 heavy (non-hydrogen) atoms. The van der Waals surface area contributed by atoms with E-state index in [1.807, 2.05) is 23.9 Å². The summed E-state index contributed by atoms with van der Waals surface area (Å²) >= 11 is 1.90. The van der Waals surface area contributed by atoms with Crippen molar-refractivity contribution in [3.63, 3.8) is 0 Å². The number of carbonyl (C=O) groups is 2. The highest BCUT2D eigenvalue weighted by Crippen LogP contribution is 2.33. The van der Waals surface area contributed by atoms with Crippen LogP contribution in [0.1, 0.15) is 31.2 Å². The highest BCUT2D eigenvalue weighted by atomic mass is 32.2. The van der Waals surface area contributed by atoms with Crippen LogP contribution in [0.5, 0.6) is 0 Å². The van der Waals surface area contributed by atoms with Crippen LogP contribution in [0.3, 0.4) is 0 Å². The van der Waals surface area contributed by atoms with E-state index in [4.69, 9.17) is 4.65 Å². The average molecular weight is 375 g/mol. The van der Waals surface area contributed by atoms with Crippen LogP contribution in [-0.4, -0.2) is 47.2 Å². The summed E-state index contributed by atoms with van der Waals surface area (Å²) in [6.45, 7) is 0.404. The molecule has 4 rings (SSSR count). The fourth-order valence-corrected chi connectivity index (χ4v) is 5.33. The molecular weight excluding hydrogens is 353 g/mol. The first-order valence-electron chi connectivity index (χ1n) is 9.01. The molecule has 4 N–H and O–H groups in total. The van der Waals surface area contributed by atoms with E-state index < -0.39 is 7.12 Å². The number of amides is 3. The van der Waals surface area contributed by atoms with Gasteiger partial charge in [0.05, 0.1) is 18.7 Å². The number of nitrogens with one attached hydrogen (secondary N) is 3. The van der Waals surface area contributed by atoms with E-state index in [0.29, 0.717) is 24.0 Å². The van der Waals surface area contributed by atoms with Gasteiger partial charge in [-0.05, 0) is 36.0 Å². The molecular formula is C17H22BN3O4S. The Kier molecular flexibility index (Phi) is 5.10. The molecule has 0 radical (unpaired) electrons. The lowest BCUT2D eigenvalue weighted by molar-refractivity contribution is -0.116. The predicted molar refractivity (Wildman–Crippen MR) is 101 cm³/mol. The topological polar surface area (TPSA) is 99.7 Å². The lowest BCUT2D eigenvalue weighted by Gasteiger charge is -2.16. The summed E-state index contributed by atoms with van der Waals surface area (Å²) in [7, 11) is -0.903. The van der Waals surface area contributed by atoms with Crippen molar-refractivity contribution in [2.75, 3.05) is 11.1 Å². The van der Waals surface area contributed by atoms with Crippen LogP contribution in [0.15, 0.2) is 18.2 Å². The zero-order valence-electron chi connectivity index (χ0n) is 14.4. The van der Waals surface area contributed by atoms with Crippen LogP contribution in [0.2, 0.25) is 0 Å². The molecule has 3 atom stereocenters. The number of fused-ring (bicyclic) bond motifs is 2. The highest BCUT2D eigenvalue weighted by molar-refractivity contribution is 8.00. The summed E-state index contributed by atoms with van der Waals surface area (Å²) in [5.41, 5.74) is 2.37. The van der Waals surface area contributed by atoms with Gasteiger partial charge in [-0.1, -0.05) is 12.5 Å². The molecule has 9 heteroatoms. The van der Waals surface area contributed by atoms with Gasteiger partial charge in [0.15, 0.2) is 0 Å². The maximum absolute atomic E-state index is 12.1. The number of benzene rings is 1. The second-order valence-corrected chi connectivity index (χ2v) is 8.26. The van der Waals surface area contributed by atoms with Crippen LogP contribution in [-0.2, 0) is 16.1 Å². The Morgan fingerprint density at radius 3 is 3.15 bits per heavy atom. The van der Waals surface area contributed by atoms with Crippen molar-refractivity contribution in [3.8, 4) is 0 Å². The standard InChI is InChI=1S/C17H22BN3O4S/c22-15(19-11-6-5-10-8-25-18(24)12(10)7-11)4-2-1-3-14-16-13(9-26-14)20-17(23)21-16/h5-7,13-14,16,24H,1-4,8-9H2,(H,19,22)(H2,20,21,23). The number of rotatable bonds is 6. The van der Waals surface area contributed by atoms with Gasteiger partial charge in [-0.15, -0.1) is 0 Å². The molecule has 0 saturated carbocycles. The average Bonchev–Trinajstić information content (AvgIpc) is 3.27. The highest BCUT2D eigenvalue weighted by Gasteiger charge is 2.42. The minimum atomic E-state index is -0.903. The summed E-state index contributed by atoms with van der Waals surface area (Å²) in [4.78, 5) is 23.5. The monoisotopic (exact) mass is 375 g/mol. The number of thioether (sulfide) groups is 1. The number of anilines is 1. The minimum Gasteiger partial charge on any atom is -0.423 e. The predicted octanol–water partition coefficient (Wildman–Crippen LogP) is 0.569. The van der Waals surface area contributed by atoms with Gasteiger partial charge in [-0.25, -0.2) is 4.79 Å². The number of hydrogen-bond acceptors (Lipinski definition) is 5. The van der Waals surface area contributed by atoms with Gasteiger partial charge in [0.25, 0.3) is 0 Å². The van der Waals surface area contributed by atoms with Gasteiger partial charge >= 0.3 is 13.1 Å². The lowest BCUT2D eigenvalue weighted by atomic mass is 9.79. The molecule has 0 bridgehead atoms. The minimum absolute atomic E-state index is 0.0221. The quantitative estimate of drug-likeness (QED) is 0.331. The molecule has 0 aromatic heterocycles. The zero-order chi connectivity index (χ0) is 18.1. The summed E-state index contributed by atoms with van der Waals surface area (Å²) in [6, 6.07) is 5.90. The van der Waals surface area contributed by atoms with Crippen molar-refractivity contribution in [2.45, 2.75) is 49.6 Å². The Morgan fingerprint density at radius 1 is 1.38 bits per heavy atom. The molecule has 138 valence electrons. The van der Waals surface area contributed by atoms with Crippen LogP contribution < -0.4 is 21.4 Å². The van der Waals surface area contributed by atoms with E-state index in [1.54, 1.807) is 6.07 Å².